The average molecular weight is 239 g/mol. The van der Waals surface area contributed by atoms with E-state index in [4.69, 9.17) is 35.0 Å². The topological polar surface area (TPSA) is 41.1 Å². The number of carbonyl (C=O) groups is 1. The zero-order valence-electron chi connectivity index (χ0n) is 6.27. The summed E-state index contributed by atoms with van der Waals surface area (Å²) in [5.74, 6) is 0. The fourth-order valence-electron chi connectivity index (χ4n) is 0.729. The Labute approximate surface area is 90.1 Å². The first-order valence-electron chi connectivity index (χ1n) is 3.26. The molecule has 70 valence electrons. The molecule has 2 amide bonds. The summed E-state index contributed by atoms with van der Waals surface area (Å²) in [6, 6.07) is 4.18. The minimum absolute atomic E-state index is 0.369. The number of carbonyl (C=O) groups excluding carboxylic acids is 1. The highest BCUT2D eigenvalue weighted by Gasteiger charge is 2.02. The van der Waals surface area contributed by atoms with Crippen LogP contribution < -0.4 is 10.2 Å². The third-order valence-corrected chi connectivity index (χ3v) is 2.17. The van der Waals surface area contributed by atoms with Gasteiger partial charge in [0.05, 0.1) is 10.0 Å². The van der Waals surface area contributed by atoms with Crippen molar-refractivity contribution in [3.63, 3.8) is 0 Å². The Hall–Kier alpha value is -0.640. The molecule has 0 saturated heterocycles. The molecule has 0 aromatic heterocycles. The Bertz CT molecular complexity index is 330. The molecule has 0 aliphatic heterocycles. The predicted octanol–water partition coefficient (Wildman–Crippen LogP) is 3.27. The fraction of sp³-hybridized carbons (Fsp3) is 0. The molecule has 0 atom stereocenters. The average Bonchev–Trinajstić information content (AvgIpc) is 2.11. The van der Waals surface area contributed by atoms with Gasteiger partial charge >= 0.3 is 6.03 Å². The maximum absolute atomic E-state index is 10.7. The van der Waals surface area contributed by atoms with Crippen LogP contribution in [-0.4, -0.2) is 6.03 Å². The fourth-order valence-corrected chi connectivity index (χ4v) is 1.07. The van der Waals surface area contributed by atoms with Gasteiger partial charge in [-0.1, -0.05) is 23.2 Å². The highest BCUT2D eigenvalue weighted by Crippen LogP contribution is 2.24. The molecular weight excluding hydrogens is 234 g/mol. The van der Waals surface area contributed by atoms with E-state index >= 15 is 0 Å². The van der Waals surface area contributed by atoms with Crippen LogP contribution in [0.2, 0.25) is 10.0 Å². The summed E-state index contributed by atoms with van der Waals surface area (Å²) in [6.45, 7) is 0. The van der Waals surface area contributed by atoms with Crippen LogP contribution >= 0.6 is 35.0 Å². The monoisotopic (exact) mass is 238 g/mol. The van der Waals surface area contributed by atoms with Gasteiger partial charge < -0.3 is 5.32 Å². The lowest BCUT2D eigenvalue weighted by molar-refractivity contribution is 0.257. The lowest BCUT2D eigenvalue weighted by atomic mass is 10.3. The summed E-state index contributed by atoms with van der Waals surface area (Å²) >= 11 is 16.4. The van der Waals surface area contributed by atoms with E-state index in [2.05, 4.69) is 5.32 Å². The molecule has 1 aromatic rings. The third-order valence-electron chi connectivity index (χ3n) is 1.26. The molecule has 3 nitrogen and oxygen atoms in total. The van der Waals surface area contributed by atoms with E-state index in [1.807, 2.05) is 4.84 Å². The highest BCUT2D eigenvalue weighted by molar-refractivity contribution is 6.42. The van der Waals surface area contributed by atoms with Crippen molar-refractivity contribution in [3.8, 4) is 0 Å². The van der Waals surface area contributed by atoms with Gasteiger partial charge in [0.15, 0.2) is 0 Å². The maximum Gasteiger partial charge on any atom is 0.333 e. The summed E-state index contributed by atoms with van der Waals surface area (Å²) in [5, 5.41) is 3.23. The Morgan fingerprint density at radius 2 is 1.92 bits per heavy atom. The van der Waals surface area contributed by atoms with Crippen LogP contribution in [-0.2, 0) is 0 Å². The summed E-state index contributed by atoms with van der Waals surface area (Å²) in [6.07, 6.45) is 0. The Kier molecular flexibility index (Phi) is 3.66. The number of hydrogen-bond acceptors (Lipinski definition) is 1. The van der Waals surface area contributed by atoms with Crippen molar-refractivity contribution >= 4 is 46.7 Å². The summed E-state index contributed by atoms with van der Waals surface area (Å²) in [4.78, 5) is 12.6. The molecule has 0 radical (unpaired) electrons. The van der Waals surface area contributed by atoms with Gasteiger partial charge in [-0.25, -0.2) is 9.63 Å². The van der Waals surface area contributed by atoms with E-state index in [0.29, 0.717) is 15.7 Å². The van der Waals surface area contributed by atoms with Gasteiger partial charge in [0.1, 0.15) is 0 Å². The number of urea groups is 1. The molecule has 0 bridgehead atoms. The van der Waals surface area contributed by atoms with Gasteiger partial charge in [-0.3, -0.25) is 0 Å². The lowest BCUT2D eigenvalue weighted by Gasteiger charge is -2.03. The van der Waals surface area contributed by atoms with Crippen LogP contribution in [0.1, 0.15) is 0 Å². The minimum atomic E-state index is -0.528. The van der Waals surface area contributed by atoms with E-state index in [9.17, 15) is 4.79 Å². The zero-order valence-corrected chi connectivity index (χ0v) is 8.54. The van der Waals surface area contributed by atoms with Crippen LogP contribution in [0.3, 0.4) is 0 Å². The maximum atomic E-state index is 10.7. The van der Waals surface area contributed by atoms with Crippen LogP contribution in [0.4, 0.5) is 10.5 Å². The van der Waals surface area contributed by atoms with Crippen LogP contribution in [0.15, 0.2) is 18.2 Å². The first-order chi connectivity index (χ1) is 6.13. The molecule has 0 saturated carbocycles. The van der Waals surface area contributed by atoms with Gasteiger partial charge in [-0.2, -0.15) is 0 Å². The van der Waals surface area contributed by atoms with Gasteiger partial charge in [-0.05, 0) is 18.2 Å². The number of amides is 2. The molecule has 0 aliphatic carbocycles. The van der Waals surface area contributed by atoms with Crippen LogP contribution in [0.5, 0.6) is 0 Å². The first kappa shape index (κ1) is 10.4. The summed E-state index contributed by atoms with van der Waals surface area (Å²) in [5.41, 5.74) is 0.521. The smallest absolute Gasteiger partial charge is 0.307 e. The van der Waals surface area contributed by atoms with Gasteiger partial charge in [-0.15, -0.1) is 0 Å². The predicted molar refractivity (Wildman–Crippen MR) is 54.5 cm³/mol. The van der Waals surface area contributed by atoms with Gasteiger partial charge in [0.25, 0.3) is 0 Å². The molecule has 13 heavy (non-hydrogen) atoms. The quantitative estimate of drug-likeness (QED) is 0.726. The van der Waals surface area contributed by atoms with Crippen molar-refractivity contribution in [3.05, 3.63) is 28.2 Å². The number of nitrogens with one attached hydrogen (secondary N) is 2. The Balaban J connectivity index is 2.79. The van der Waals surface area contributed by atoms with Crippen molar-refractivity contribution in [1.29, 1.82) is 0 Å². The second-order valence-electron chi connectivity index (χ2n) is 2.18. The zero-order chi connectivity index (χ0) is 9.84. The molecule has 6 heteroatoms. The van der Waals surface area contributed by atoms with Crippen molar-refractivity contribution in [2.24, 2.45) is 0 Å². The SMILES string of the molecule is O=C(NCl)Nc1ccc(Cl)c(Cl)c1. The van der Waals surface area contributed by atoms with E-state index in [1.165, 1.54) is 6.07 Å². The van der Waals surface area contributed by atoms with Crippen LogP contribution in [0, 0.1) is 0 Å². The molecule has 0 spiro atoms. The number of benzene rings is 1. The lowest BCUT2D eigenvalue weighted by Crippen LogP contribution is -2.20. The van der Waals surface area contributed by atoms with Gasteiger partial charge in [0, 0.05) is 17.5 Å². The molecule has 0 fully saturated rings. The molecular formula is C7H5Cl3N2O. The molecule has 0 heterocycles. The molecule has 0 unspecified atom stereocenters. The second-order valence-corrected chi connectivity index (χ2v) is 3.18. The normalized spacial score (nSPS) is 9.46. The highest BCUT2D eigenvalue weighted by atomic mass is 35.5. The molecule has 1 aromatic carbocycles. The van der Waals surface area contributed by atoms with Crippen molar-refractivity contribution < 1.29 is 4.79 Å². The largest absolute Gasteiger partial charge is 0.333 e. The summed E-state index contributed by atoms with van der Waals surface area (Å²) in [7, 11) is 0. The number of halogens is 3. The molecule has 1 rings (SSSR count). The Morgan fingerprint density at radius 1 is 1.23 bits per heavy atom. The number of hydrogen-bond donors (Lipinski definition) is 2. The molecule has 2 N–H and O–H groups in total. The third kappa shape index (κ3) is 2.95. The number of rotatable bonds is 1. The van der Waals surface area contributed by atoms with Gasteiger partial charge in [0.2, 0.25) is 0 Å². The van der Waals surface area contributed by atoms with Crippen molar-refractivity contribution in [1.82, 2.24) is 4.84 Å². The van der Waals surface area contributed by atoms with E-state index in [-0.39, 0.29) is 0 Å². The van der Waals surface area contributed by atoms with E-state index in [0.717, 1.165) is 0 Å². The van der Waals surface area contributed by atoms with E-state index < -0.39 is 6.03 Å². The van der Waals surface area contributed by atoms with Crippen LogP contribution in [0.25, 0.3) is 0 Å². The second kappa shape index (κ2) is 4.56. The molecule has 0 aliphatic rings. The van der Waals surface area contributed by atoms with E-state index in [1.54, 1.807) is 12.1 Å². The number of anilines is 1. The summed E-state index contributed by atoms with van der Waals surface area (Å²) < 4.78 is 0. The first-order valence-corrected chi connectivity index (χ1v) is 4.39. The minimum Gasteiger partial charge on any atom is -0.307 e. The van der Waals surface area contributed by atoms with Crippen molar-refractivity contribution in [2.75, 3.05) is 5.32 Å². The Morgan fingerprint density at radius 3 is 2.46 bits per heavy atom. The standard InChI is InChI=1S/C7H5Cl3N2O/c8-5-2-1-4(3-6(5)9)11-7(13)12-10/h1-3H,(H2,11,12,13). The van der Waals surface area contributed by atoms with Crippen molar-refractivity contribution in [2.45, 2.75) is 0 Å².